The number of ether oxygens (including phenoxy) is 1. The van der Waals surface area contributed by atoms with Crippen molar-refractivity contribution in [2.45, 2.75) is 12.3 Å². The summed E-state index contributed by atoms with van der Waals surface area (Å²) >= 11 is 0. The normalized spacial score (nSPS) is 14.6. The minimum Gasteiger partial charge on any atom is -0.468 e. The highest BCUT2D eigenvalue weighted by molar-refractivity contribution is 7.90. The number of hydrogen-bond acceptors (Lipinski definition) is 5. The topological polar surface area (TPSA) is 92.7 Å². The maximum Gasteiger partial charge on any atom is 0.415 e. The van der Waals surface area contributed by atoms with Gasteiger partial charge in [-0.15, -0.1) is 0 Å². The Morgan fingerprint density at radius 1 is 1.50 bits per heavy atom. The molecule has 0 saturated carbocycles. The predicted octanol–water partition coefficient (Wildman–Crippen LogP) is -0.998. The fourth-order valence-electron chi connectivity index (χ4n) is 0.587. The summed E-state index contributed by atoms with van der Waals surface area (Å²) in [6.07, 6.45) is -7.74. The lowest BCUT2D eigenvalue weighted by Gasteiger charge is -2.14. The molecule has 96 valence electrons. The summed E-state index contributed by atoms with van der Waals surface area (Å²) in [5, 5.41) is 8.47. The van der Waals surface area contributed by atoms with Gasteiger partial charge in [-0.05, 0) is 0 Å². The van der Waals surface area contributed by atoms with E-state index in [9.17, 15) is 26.4 Å². The molecule has 0 fully saturated rings. The summed E-state index contributed by atoms with van der Waals surface area (Å²) in [5.41, 5.74) is 0. The Kier molecular flexibility index (Phi) is 5.16. The number of carbonyl (C=O) groups is 1. The van der Waals surface area contributed by atoms with Crippen LogP contribution in [0.2, 0.25) is 0 Å². The molecule has 2 N–H and O–H groups in total. The molecule has 1 unspecified atom stereocenters. The number of sulfonamides is 1. The second-order valence-electron chi connectivity index (χ2n) is 2.74. The van der Waals surface area contributed by atoms with Crippen LogP contribution in [-0.4, -0.2) is 51.2 Å². The van der Waals surface area contributed by atoms with Crippen LogP contribution in [0.25, 0.3) is 0 Å². The average molecular weight is 265 g/mol. The fraction of sp³-hybridized carbons (Fsp3) is 0.833. The van der Waals surface area contributed by atoms with Crippen LogP contribution < -0.4 is 4.72 Å². The fourth-order valence-corrected chi connectivity index (χ4v) is 1.53. The van der Waals surface area contributed by atoms with Crippen LogP contribution in [0.5, 0.6) is 0 Å². The van der Waals surface area contributed by atoms with E-state index < -0.39 is 40.6 Å². The molecule has 0 aromatic rings. The molecule has 0 bridgehead atoms. The molecule has 0 aliphatic carbocycles. The number of nitrogens with one attached hydrogen (secondary N) is 1. The molecule has 0 aromatic heterocycles. The molecule has 0 aliphatic heterocycles. The molecule has 16 heavy (non-hydrogen) atoms. The van der Waals surface area contributed by atoms with Gasteiger partial charge in [0.05, 0.1) is 7.11 Å². The van der Waals surface area contributed by atoms with E-state index in [0.717, 1.165) is 7.11 Å². The molecule has 10 heteroatoms. The monoisotopic (exact) mass is 265 g/mol. The third kappa shape index (κ3) is 5.88. The number of alkyl halides is 3. The van der Waals surface area contributed by atoms with Crippen LogP contribution in [0.15, 0.2) is 0 Å². The van der Waals surface area contributed by atoms with Crippen molar-refractivity contribution in [2.24, 2.45) is 0 Å². The van der Waals surface area contributed by atoms with Crippen LogP contribution in [-0.2, 0) is 19.6 Å². The summed E-state index contributed by atoms with van der Waals surface area (Å²) in [5.74, 6) is -2.22. The Hall–Kier alpha value is -0.870. The Morgan fingerprint density at radius 3 is 2.38 bits per heavy atom. The molecule has 0 amide bonds. The Bertz CT molecular complexity index is 339. The van der Waals surface area contributed by atoms with Gasteiger partial charge >= 0.3 is 12.1 Å². The van der Waals surface area contributed by atoms with Gasteiger partial charge < -0.3 is 9.84 Å². The van der Waals surface area contributed by atoms with Gasteiger partial charge in [-0.3, -0.25) is 4.79 Å². The number of aliphatic hydroxyl groups is 1. The Labute approximate surface area is 89.4 Å². The van der Waals surface area contributed by atoms with E-state index in [0.29, 0.717) is 0 Å². The van der Waals surface area contributed by atoms with E-state index in [1.807, 2.05) is 0 Å². The van der Waals surface area contributed by atoms with E-state index in [1.54, 1.807) is 0 Å². The maximum atomic E-state index is 11.8. The second-order valence-corrected chi connectivity index (χ2v) is 4.55. The molecular formula is C6H10F3NO5S. The van der Waals surface area contributed by atoms with Crippen molar-refractivity contribution < 1.29 is 36.2 Å². The van der Waals surface area contributed by atoms with Crippen molar-refractivity contribution in [1.29, 1.82) is 0 Å². The molecular weight excluding hydrogens is 255 g/mol. The molecule has 0 aromatic carbocycles. The van der Waals surface area contributed by atoms with Gasteiger partial charge in [-0.2, -0.15) is 13.2 Å². The Morgan fingerprint density at radius 2 is 2.00 bits per heavy atom. The summed E-state index contributed by atoms with van der Waals surface area (Å²) < 4.78 is 62.7. The number of halogens is 3. The highest BCUT2D eigenvalue weighted by Gasteiger charge is 2.38. The predicted molar refractivity (Wildman–Crippen MR) is 45.9 cm³/mol. The number of rotatable bonds is 5. The number of aliphatic hydroxyl groups excluding tert-OH is 1. The number of carbonyl (C=O) groups excluding carboxylic acids is 1. The third-order valence-electron chi connectivity index (χ3n) is 1.41. The molecule has 0 spiro atoms. The smallest absolute Gasteiger partial charge is 0.415 e. The van der Waals surface area contributed by atoms with Gasteiger partial charge in [-0.1, -0.05) is 0 Å². The molecule has 0 rings (SSSR count). The van der Waals surface area contributed by atoms with Gasteiger partial charge in [0.15, 0.2) is 11.9 Å². The zero-order chi connectivity index (χ0) is 13.0. The van der Waals surface area contributed by atoms with E-state index in [4.69, 9.17) is 5.11 Å². The van der Waals surface area contributed by atoms with Crippen molar-refractivity contribution >= 4 is 16.0 Å². The summed E-state index contributed by atoms with van der Waals surface area (Å²) in [6.45, 7) is -1.25. The van der Waals surface area contributed by atoms with Crippen LogP contribution >= 0.6 is 0 Å². The molecule has 6 nitrogen and oxygen atoms in total. The van der Waals surface area contributed by atoms with Crippen molar-refractivity contribution in [3.8, 4) is 0 Å². The first-order valence-corrected chi connectivity index (χ1v) is 5.52. The summed E-state index contributed by atoms with van der Waals surface area (Å²) in [6, 6.07) is 0. The summed E-state index contributed by atoms with van der Waals surface area (Å²) in [4.78, 5) is 10.5. The minimum atomic E-state index is -4.92. The number of hydrogen-bond donors (Lipinski definition) is 2. The first-order chi connectivity index (χ1) is 7.08. The van der Waals surface area contributed by atoms with Crippen molar-refractivity contribution in [2.75, 3.05) is 19.4 Å². The van der Waals surface area contributed by atoms with Crippen molar-refractivity contribution in [3.05, 3.63) is 0 Å². The van der Waals surface area contributed by atoms with Crippen LogP contribution in [0.4, 0.5) is 13.2 Å². The van der Waals surface area contributed by atoms with Gasteiger partial charge in [-0.25, -0.2) is 13.1 Å². The maximum absolute atomic E-state index is 11.8. The van der Waals surface area contributed by atoms with Gasteiger partial charge in [0, 0.05) is 6.54 Å². The van der Waals surface area contributed by atoms with E-state index in [-0.39, 0.29) is 0 Å². The minimum absolute atomic E-state index is 0.933. The molecule has 0 saturated heterocycles. The Balaban J connectivity index is 4.25. The quantitative estimate of drug-likeness (QED) is 0.622. The lowest BCUT2D eigenvalue weighted by molar-refractivity contribution is -0.200. The van der Waals surface area contributed by atoms with Gasteiger partial charge in [0.1, 0.15) is 0 Å². The molecule has 0 radical (unpaired) electrons. The molecule has 0 heterocycles. The second kappa shape index (κ2) is 5.46. The lowest BCUT2D eigenvalue weighted by atomic mass is 10.4. The largest absolute Gasteiger partial charge is 0.468 e. The van der Waals surface area contributed by atoms with Crippen molar-refractivity contribution in [1.82, 2.24) is 4.72 Å². The summed E-state index contributed by atoms with van der Waals surface area (Å²) in [7, 11) is -3.30. The molecule has 1 atom stereocenters. The standard InChI is InChI=1S/C6H10F3NO5S/c1-15-5(12)3-16(13,14)10-2-4(11)6(7,8)9/h4,10-11H,2-3H2,1H3. The highest BCUT2D eigenvalue weighted by atomic mass is 32.2. The lowest BCUT2D eigenvalue weighted by Crippen LogP contribution is -2.42. The third-order valence-corrected chi connectivity index (χ3v) is 2.63. The number of esters is 1. The van der Waals surface area contributed by atoms with Crippen LogP contribution in [0.1, 0.15) is 0 Å². The van der Waals surface area contributed by atoms with Crippen LogP contribution in [0.3, 0.4) is 0 Å². The van der Waals surface area contributed by atoms with E-state index in [1.165, 1.54) is 4.72 Å². The number of methoxy groups -OCH3 is 1. The van der Waals surface area contributed by atoms with Gasteiger partial charge in [0.25, 0.3) is 0 Å². The average Bonchev–Trinajstić information content (AvgIpc) is 2.11. The van der Waals surface area contributed by atoms with E-state index >= 15 is 0 Å². The first-order valence-electron chi connectivity index (χ1n) is 3.87. The zero-order valence-corrected chi connectivity index (χ0v) is 8.93. The zero-order valence-electron chi connectivity index (χ0n) is 8.11. The van der Waals surface area contributed by atoms with Crippen LogP contribution in [0, 0.1) is 0 Å². The highest BCUT2D eigenvalue weighted by Crippen LogP contribution is 2.19. The SMILES string of the molecule is COC(=O)CS(=O)(=O)NCC(O)C(F)(F)F. The van der Waals surface area contributed by atoms with E-state index in [2.05, 4.69) is 4.74 Å². The molecule has 0 aliphatic rings. The van der Waals surface area contributed by atoms with Crippen molar-refractivity contribution in [3.63, 3.8) is 0 Å². The van der Waals surface area contributed by atoms with Gasteiger partial charge in [0.2, 0.25) is 10.0 Å². The first kappa shape index (κ1) is 15.1.